The van der Waals surface area contributed by atoms with E-state index in [1.807, 2.05) is 6.07 Å². The largest absolute Gasteiger partial charge is 0.481 e. The van der Waals surface area contributed by atoms with Gasteiger partial charge in [0.2, 0.25) is 0 Å². The van der Waals surface area contributed by atoms with Gasteiger partial charge < -0.3 is 9.63 Å². The summed E-state index contributed by atoms with van der Waals surface area (Å²) in [6.07, 6.45) is 0.580. The highest BCUT2D eigenvalue weighted by atomic mass is 35.5. The molecule has 1 aromatic heterocycles. The maximum Gasteiger partial charge on any atom is 0.303 e. The number of carbonyl (C=O) groups is 1. The summed E-state index contributed by atoms with van der Waals surface area (Å²) in [7, 11) is 0. The number of halogens is 1. The number of aliphatic carboxylic acids is 1. The van der Waals surface area contributed by atoms with Crippen molar-refractivity contribution in [1.82, 2.24) is 5.16 Å². The van der Waals surface area contributed by atoms with Crippen molar-refractivity contribution in [3.63, 3.8) is 0 Å². The molecule has 0 saturated carbocycles. The highest BCUT2D eigenvalue weighted by molar-refractivity contribution is 6.34. The zero-order valence-corrected chi connectivity index (χ0v) is 8.49. The lowest BCUT2D eigenvalue weighted by Gasteiger charge is -1.97. The summed E-state index contributed by atoms with van der Waals surface area (Å²) in [5, 5.41) is 13.2. The zero-order valence-electron chi connectivity index (χ0n) is 7.74. The van der Waals surface area contributed by atoms with Gasteiger partial charge >= 0.3 is 5.97 Å². The third kappa shape index (κ3) is 2.10. The zero-order chi connectivity index (χ0) is 10.8. The van der Waals surface area contributed by atoms with Crippen molar-refractivity contribution in [2.75, 3.05) is 0 Å². The standard InChI is InChI=1S/C10H8ClNO3/c11-10-7-3-1-6(2-4-9(13)14)5-8(7)15-12-10/h1,3,5H,2,4H2,(H,13,14). The van der Waals surface area contributed by atoms with E-state index < -0.39 is 5.97 Å². The number of fused-ring (bicyclic) bond motifs is 1. The number of carboxylic acid groups (broad SMARTS) is 1. The predicted octanol–water partition coefficient (Wildman–Crippen LogP) is 2.50. The van der Waals surface area contributed by atoms with E-state index in [4.69, 9.17) is 21.2 Å². The molecule has 2 rings (SSSR count). The monoisotopic (exact) mass is 225 g/mol. The number of nitrogens with zero attached hydrogens (tertiary/aromatic N) is 1. The van der Waals surface area contributed by atoms with Crippen LogP contribution in [0.4, 0.5) is 0 Å². The van der Waals surface area contributed by atoms with Crippen molar-refractivity contribution in [1.29, 1.82) is 0 Å². The molecule has 4 nitrogen and oxygen atoms in total. The third-order valence-corrected chi connectivity index (χ3v) is 2.39. The smallest absolute Gasteiger partial charge is 0.303 e. The van der Waals surface area contributed by atoms with E-state index in [0.29, 0.717) is 17.2 Å². The van der Waals surface area contributed by atoms with E-state index in [1.54, 1.807) is 12.1 Å². The van der Waals surface area contributed by atoms with Gasteiger partial charge in [-0.05, 0) is 24.1 Å². The lowest BCUT2D eigenvalue weighted by molar-refractivity contribution is -0.136. The van der Waals surface area contributed by atoms with E-state index in [0.717, 1.165) is 10.9 Å². The van der Waals surface area contributed by atoms with Gasteiger partial charge in [0.25, 0.3) is 0 Å². The minimum absolute atomic E-state index is 0.105. The SMILES string of the molecule is O=C(O)CCc1ccc2c(Cl)noc2c1. The van der Waals surface area contributed by atoms with E-state index in [9.17, 15) is 4.79 Å². The van der Waals surface area contributed by atoms with Crippen LogP contribution in [0, 0.1) is 0 Å². The van der Waals surface area contributed by atoms with Gasteiger partial charge in [-0.25, -0.2) is 0 Å². The predicted molar refractivity (Wildman–Crippen MR) is 55.0 cm³/mol. The first-order valence-corrected chi connectivity index (χ1v) is 4.80. The normalized spacial score (nSPS) is 10.7. The van der Waals surface area contributed by atoms with Crippen molar-refractivity contribution in [2.24, 2.45) is 0 Å². The maximum absolute atomic E-state index is 10.4. The summed E-state index contributed by atoms with van der Waals surface area (Å²) in [6, 6.07) is 5.37. The molecule has 15 heavy (non-hydrogen) atoms. The molecule has 0 atom stereocenters. The fraction of sp³-hybridized carbons (Fsp3) is 0.200. The van der Waals surface area contributed by atoms with E-state index >= 15 is 0 Å². The fourth-order valence-corrected chi connectivity index (χ4v) is 1.55. The number of benzene rings is 1. The molecule has 0 bridgehead atoms. The molecule has 0 spiro atoms. The lowest BCUT2D eigenvalue weighted by atomic mass is 10.1. The van der Waals surface area contributed by atoms with Crippen molar-refractivity contribution in [3.8, 4) is 0 Å². The van der Waals surface area contributed by atoms with Crippen LogP contribution in [-0.4, -0.2) is 16.2 Å². The summed E-state index contributed by atoms with van der Waals surface area (Å²) in [4.78, 5) is 10.4. The Balaban J connectivity index is 2.27. The second-order valence-corrected chi connectivity index (χ2v) is 3.56. The van der Waals surface area contributed by atoms with Gasteiger partial charge in [0, 0.05) is 6.42 Å². The Morgan fingerprint density at radius 2 is 2.33 bits per heavy atom. The minimum atomic E-state index is -0.814. The second-order valence-electron chi connectivity index (χ2n) is 3.20. The minimum Gasteiger partial charge on any atom is -0.481 e. The molecule has 2 aromatic rings. The van der Waals surface area contributed by atoms with Crippen molar-refractivity contribution < 1.29 is 14.4 Å². The number of carboxylic acids is 1. The summed E-state index contributed by atoms with van der Waals surface area (Å²) in [5.41, 5.74) is 1.49. The van der Waals surface area contributed by atoms with Crippen LogP contribution in [0.5, 0.6) is 0 Å². The molecular formula is C10H8ClNO3. The lowest BCUT2D eigenvalue weighted by Crippen LogP contribution is -1.96. The van der Waals surface area contributed by atoms with Crippen LogP contribution in [0.2, 0.25) is 5.15 Å². The molecule has 0 aliphatic rings. The second kappa shape index (κ2) is 3.90. The van der Waals surface area contributed by atoms with Gasteiger partial charge in [0.05, 0.1) is 5.39 Å². The van der Waals surface area contributed by atoms with Crippen molar-refractivity contribution in [2.45, 2.75) is 12.8 Å². The molecule has 1 N–H and O–H groups in total. The van der Waals surface area contributed by atoms with Gasteiger partial charge in [0.15, 0.2) is 10.7 Å². The Morgan fingerprint density at radius 3 is 3.07 bits per heavy atom. The first-order chi connectivity index (χ1) is 7.16. The topological polar surface area (TPSA) is 63.3 Å². The van der Waals surface area contributed by atoms with Gasteiger partial charge in [-0.3, -0.25) is 4.79 Å². The van der Waals surface area contributed by atoms with E-state index in [2.05, 4.69) is 5.16 Å². The van der Waals surface area contributed by atoms with Gasteiger partial charge in [-0.15, -0.1) is 0 Å². The number of rotatable bonds is 3. The average Bonchev–Trinajstić information content (AvgIpc) is 2.57. The Kier molecular flexibility index (Phi) is 2.60. The summed E-state index contributed by atoms with van der Waals surface area (Å²) < 4.78 is 4.97. The van der Waals surface area contributed by atoms with Crippen LogP contribution >= 0.6 is 11.6 Å². The molecule has 0 saturated heterocycles. The maximum atomic E-state index is 10.4. The van der Waals surface area contributed by atoms with Crippen LogP contribution in [0.25, 0.3) is 11.0 Å². The number of hydrogen-bond acceptors (Lipinski definition) is 3. The first kappa shape index (κ1) is 9.98. The Morgan fingerprint density at radius 1 is 1.53 bits per heavy atom. The molecule has 1 heterocycles. The summed E-state index contributed by atoms with van der Waals surface area (Å²) in [6.45, 7) is 0. The van der Waals surface area contributed by atoms with Crippen LogP contribution in [0.15, 0.2) is 22.7 Å². The number of aryl methyl sites for hydroxylation is 1. The first-order valence-electron chi connectivity index (χ1n) is 4.42. The van der Waals surface area contributed by atoms with Crippen LogP contribution in [0.3, 0.4) is 0 Å². The van der Waals surface area contributed by atoms with Crippen LogP contribution in [-0.2, 0) is 11.2 Å². The molecule has 1 aromatic carbocycles. The molecule has 0 aliphatic carbocycles. The Labute approximate surface area is 90.4 Å². The van der Waals surface area contributed by atoms with Crippen LogP contribution < -0.4 is 0 Å². The van der Waals surface area contributed by atoms with Crippen LogP contribution in [0.1, 0.15) is 12.0 Å². The highest BCUT2D eigenvalue weighted by Gasteiger charge is 2.07. The highest BCUT2D eigenvalue weighted by Crippen LogP contribution is 2.23. The summed E-state index contributed by atoms with van der Waals surface area (Å²) in [5.74, 6) is -0.814. The van der Waals surface area contributed by atoms with Crippen molar-refractivity contribution >= 4 is 28.5 Å². The number of aromatic nitrogens is 1. The molecule has 0 radical (unpaired) electrons. The fourth-order valence-electron chi connectivity index (χ4n) is 1.36. The Hall–Kier alpha value is -1.55. The molecular weight excluding hydrogens is 218 g/mol. The molecule has 0 amide bonds. The van der Waals surface area contributed by atoms with Gasteiger partial charge in [-0.1, -0.05) is 22.8 Å². The van der Waals surface area contributed by atoms with E-state index in [1.165, 1.54) is 0 Å². The molecule has 5 heteroatoms. The summed E-state index contributed by atoms with van der Waals surface area (Å²) >= 11 is 5.75. The van der Waals surface area contributed by atoms with Gasteiger partial charge in [0.1, 0.15) is 0 Å². The Bertz CT molecular complexity index is 506. The number of hydrogen-bond donors (Lipinski definition) is 1. The molecule has 0 aliphatic heterocycles. The third-order valence-electron chi connectivity index (χ3n) is 2.12. The quantitative estimate of drug-likeness (QED) is 0.872. The van der Waals surface area contributed by atoms with E-state index in [-0.39, 0.29) is 6.42 Å². The molecule has 78 valence electrons. The van der Waals surface area contributed by atoms with Crippen molar-refractivity contribution in [3.05, 3.63) is 28.9 Å². The molecule has 0 fully saturated rings. The van der Waals surface area contributed by atoms with Gasteiger partial charge in [-0.2, -0.15) is 0 Å². The average molecular weight is 226 g/mol. The molecule has 0 unspecified atom stereocenters.